The zero-order chi connectivity index (χ0) is 9.59. The highest BCUT2D eigenvalue weighted by Crippen LogP contribution is 2.48. The van der Waals surface area contributed by atoms with Gasteiger partial charge in [-0.2, -0.15) is 0 Å². The van der Waals surface area contributed by atoms with Gasteiger partial charge in [0.15, 0.2) is 5.75 Å². The smallest absolute Gasteiger partial charge is 0.509 e. The molecule has 0 aliphatic heterocycles. The Hall–Kier alpha value is -1.40. The van der Waals surface area contributed by atoms with Gasteiger partial charge in [-0.1, -0.05) is 0 Å². The lowest BCUT2D eigenvalue weighted by atomic mass is 10.2. The number of hydrogen-bond acceptors (Lipinski definition) is 5. The quantitative estimate of drug-likeness (QED) is 0.366. The largest absolute Gasteiger partial charge is 0.707 e. The molecule has 0 aromatic heterocycles. The van der Waals surface area contributed by atoms with Crippen molar-refractivity contribution in [3.63, 3.8) is 0 Å². The summed E-state index contributed by atoms with van der Waals surface area (Å²) in [6.45, 7) is 0. The molecule has 0 spiro atoms. The van der Waals surface area contributed by atoms with Crippen LogP contribution in [0.5, 0.6) is 17.2 Å². The highest BCUT2D eigenvalue weighted by Gasteiger charge is 2.30. The third-order valence-corrected chi connectivity index (χ3v) is 1.92. The molecule has 13 heavy (non-hydrogen) atoms. The molecule has 5 nitrogen and oxygen atoms in total. The van der Waals surface area contributed by atoms with E-state index >= 15 is 0 Å². The summed E-state index contributed by atoms with van der Waals surface area (Å²) in [5, 5.41) is 35.5. The molecule has 0 fully saturated rings. The molecule has 1 aromatic rings. The van der Waals surface area contributed by atoms with Crippen LogP contribution in [0, 0.1) is 0 Å². The number of rotatable bonds is 2. The van der Waals surface area contributed by atoms with Gasteiger partial charge in [-0.25, -0.2) is 0 Å². The zero-order valence-corrected chi connectivity index (χ0v) is 6.56. The lowest BCUT2D eigenvalue weighted by Gasteiger charge is -2.06. The van der Waals surface area contributed by atoms with E-state index < -0.39 is 7.32 Å². The average Bonchev–Trinajstić information content (AvgIpc) is 2.77. The van der Waals surface area contributed by atoms with Gasteiger partial charge in [0.25, 0.3) is 0 Å². The van der Waals surface area contributed by atoms with Crippen molar-refractivity contribution in [3.8, 4) is 17.2 Å². The summed E-state index contributed by atoms with van der Waals surface area (Å²) in [4.78, 5) is 0. The second-order valence-corrected chi connectivity index (χ2v) is 2.82. The molecule has 2 rings (SSSR count). The van der Waals surface area contributed by atoms with E-state index in [1.807, 2.05) is 0 Å². The topological polar surface area (TPSA) is 90.2 Å². The van der Waals surface area contributed by atoms with Gasteiger partial charge in [-0.05, 0) is 0 Å². The minimum absolute atomic E-state index is 0.00319. The minimum Gasteiger partial charge on any atom is -0.509 e. The molecule has 0 heterocycles. The zero-order valence-electron chi connectivity index (χ0n) is 6.56. The lowest BCUT2D eigenvalue weighted by Crippen LogP contribution is -2.20. The third kappa shape index (κ3) is 1.30. The normalized spacial score (nSPS) is 12.2. The van der Waals surface area contributed by atoms with E-state index in [0.29, 0.717) is 17.5 Å². The van der Waals surface area contributed by atoms with Gasteiger partial charge < -0.3 is 24.9 Å². The molecule has 1 aliphatic rings. The summed E-state index contributed by atoms with van der Waals surface area (Å²) in [7, 11) is -2.00. The summed E-state index contributed by atoms with van der Waals surface area (Å²) in [6, 6.07) is 1.15. The van der Waals surface area contributed by atoms with Crippen molar-refractivity contribution in [2.75, 3.05) is 0 Å². The molecule has 0 atom stereocenters. The number of hydrogen-bond donors (Lipinski definition) is 4. The maximum Gasteiger partial charge on any atom is 0.707 e. The Morgan fingerprint density at radius 3 is 2.54 bits per heavy atom. The van der Waals surface area contributed by atoms with E-state index in [1.165, 1.54) is 0 Å². The predicted molar refractivity (Wildman–Crippen MR) is 43.4 cm³/mol. The molecule has 0 radical (unpaired) electrons. The van der Waals surface area contributed by atoms with Crippen molar-refractivity contribution in [2.24, 2.45) is 0 Å². The van der Waals surface area contributed by atoms with Crippen LogP contribution < -0.4 is 4.65 Å². The van der Waals surface area contributed by atoms with Gasteiger partial charge in [0.1, 0.15) is 11.5 Å². The van der Waals surface area contributed by atoms with Gasteiger partial charge in [0.2, 0.25) is 0 Å². The fourth-order valence-electron chi connectivity index (χ4n) is 1.24. The second-order valence-electron chi connectivity index (χ2n) is 2.82. The molecule has 0 bridgehead atoms. The summed E-state index contributed by atoms with van der Waals surface area (Å²) < 4.78 is 4.44. The van der Waals surface area contributed by atoms with E-state index in [4.69, 9.17) is 10.0 Å². The fourth-order valence-corrected chi connectivity index (χ4v) is 1.24. The number of phenolic OH excluding ortho intramolecular Hbond substituents is 2. The van der Waals surface area contributed by atoms with Crippen LogP contribution >= 0.6 is 0 Å². The first-order valence-electron chi connectivity index (χ1n) is 3.69. The number of fused-ring (bicyclic) bond motifs is 1. The first-order valence-corrected chi connectivity index (χ1v) is 3.69. The predicted octanol–water partition coefficient (Wildman–Crippen LogP) is -0.650. The average molecular weight is 182 g/mol. The second kappa shape index (κ2) is 2.55. The van der Waals surface area contributed by atoms with Gasteiger partial charge in [-0.3, -0.25) is 0 Å². The fraction of sp³-hybridized carbons (Fsp3) is 0.143. The van der Waals surface area contributed by atoms with E-state index in [-0.39, 0.29) is 17.2 Å². The Kier molecular flexibility index (Phi) is 1.61. The first kappa shape index (κ1) is 8.21. The van der Waals surface area contributed by atoms with Crippen molar-refractivity contribution < 1.29 is 24.9 Å². The molecule has 6 heteroatoms. The van der Waals surface area contributed by atoms with E-state index in [2.05, 4.69) is 4.65 Å². The van der Waals surface area contributed by atoms with E-state index in [0.717, 1.165) is 6.07 Å². The number of benzene rings is 1. The Bertz CT molecular complexity index is 362. The highest BCUT2D eigenvalue weighted by atomic mass is 16.6. The van der Waals surface area contributed by atoms with Crippen LogP contribution in [0.15, 0.2) is 6.07 Å². The van der Waals surface area contributed by atoms with E-state index in [1.54, 1.807) is 0 Å². The molecular weight excluding hydrogens is 175 g/mol. The molecule has 1 aromatic carbocycles. The molecule has 0 unspecified atom stereocenters. The van der Waals surface area contributed by atoms with Gasteiger partial charge in [-0.15, -0.1) is 0 Å². The molecule has 0 saturated carbocycles. The molecule has 0 amide bonds. The third-order valence-electron chi connectivity index (χ3n) is 1.92. The van der Waals surface area contributed by atoms with Crippen LogP contribution in [0.1, 0.15) is 11.1 Å². The Balaban J connectivity index is 2.37. The summed E-state index contributed by atoms with van der Waals surface area (Å²) in [5.41, 5.74) is 1.27. The standard InChI is InChI=1S/C7H7BO5/c9-5-2-6(13-8(11)12)7(10)4-1-3(4)5/h2,9-12H,1H2. The highest BCUT2D eigenvalue weighted by molar-refractivity contribution is 6.33. The maximum absolute atomic E-state index is 9.36. The monoisotopic (exact) mass is 182 g/mol. The minimum atomic E-state index is -2.00. The number of phenols is 2. The SMILES string of the molecule is OB(O)Oc1cc(O)c2c(c1O)C2. The molecular formula is C7H7BO5. The Morgan fingerprint density at radius 1 is 1.23 bits per heavy atom. The van der Waals surface area contributed by atoms with Crippen molar-refractivity contribution in [1.82, 2.24) is 0 Å². The summed E-state index contributed by atoms with van der Waals surface area (Å²) in [5.74, 6) is -0.256. The lowest BCUT2D eigenvalue weighted by molar-refractivity contribution is 0.280. The molecule has 1 aliphatic carbocycles. The van der Waals surface area contributed by atoms with Crippen LogP contribution in [0.25, 0.3) is 0 Å². The summed E-state index contributed by atoms with van der Waals surface area (Å²) in [6.07, 6.45) is 0.516. The van der Waals surface area contributed by atoms with Crippen molar-refractivity contribution in [2.45, 2.75) is 6.42 Å². The van der Waals surface area contributed by atoms with Crippen LogP contribution in [0.4, 0.5) is 0 Å². The van der Waals surface area contributed by atoms with Gasteiger partial charge in [0, 0.05) is 23.6 Å². The molecule has 68 valence electrons. The van der Waals surface area contributed by atoms with Crippen molar-refractivity contribution >= 4 is 7.32 Å². The van der Waals surface area contributed by atoms with Crippen LogP contribution in [0.2, 0.25) is 0 Å². The number of aromatic hydroxyl groups is 2. The van der Waals surface area contributed by atoms with Crippen molar-refractivity contribution in [3.05, 3.63) is 17.2 Å². The van der Waals surface area contributed by atoms with E-state index in [9.17, 15) is 10.2 Å². The van der Waals surface area contributed by atoms with Gasteiger partial charge in [0.05, 0.1) is 0 Å². The van der Waals surface area contributed by atoms with Gasteiger partial charge >= 0.3 is 7.32 Å². The molecule has 4 N–H and O–H groups in total. The Labute approximate surface area is 74.0 Å². The van der Waals surface area contributed by atoms with Crippen LogP contribution in [-0.4, -0.2) is 27.6 Å². The van der Waals surface area contributed by atoms with Crippen LogP contribution in [0.3, 0.4) is 0 Å². The Morgan fingerprint density at radius 2 is 1.92 bits per heavy atom. The van der Waals surface area contributed by atoms with Crippen molar-refractivity contribution in [1.29, 1.82) is 0 Å². The first-order chi connectivity index (χ1) is 6.09. The van der Waals surface area contributed by atoms with Crippen LogP contribution in [-0.2, 0) is 6.42 Å². The summed E-state index contributed by atoms with van der Waals surface area (Å²) >= 11 is 0. The molecule has 0 saturated heterocycles. The maximum atomic E-state index is 9.36.